The second-order valence-corrected chi connectivity index (χ2v) is 13.1. The molecule has 2 aromatic heterocycles. The van der Waals surface area contributed by atoms with Gasteiger partial charge in [0.2, 0.25) is 0 Å². The Labute approximate surface area is 317 Å². The van der Waals surface area contributed by atoms with Crippen LogP contribution in [0.15, 0.2) is 163 Å². The van der Waals surface area contributed by atoms with E-state index in [2.05, 4.69) is 165 Å². The summed E-state index contributed by atoms with van der Waals surface area (Å²) in [6.07, 6.45) is 21.8. The molecule has 0 N–H and O–H groups in total. The fraction of sp³-hybridized carbons (Fsp3) is 0.0769. The lowest BCUT2D eigenvalue weighted by atomic mass is 9.94. The Morgan fingerprint density at radius 2 is 1.50 bits per heavy atom. The number of rotatable bonds is 7. The fourth-order valence-corrected chi connectivity index (χ4v) is 7.47. The summed E-state index contributed by atoms with van der Waals surface area (Å²) in [6, 6.07) is 41.7. The molecule has 2 heterocycles. The summed E-state index contributed by atoms with van der Waals surface area (Å²) in [6.45, 7) is 13.7. The molecule has 262 valence electrons. The van der Waals surface area contributed by atoms with E-state index in [0.29, 0.717) is 6.42 Å². The average Bonchev–Trinajstić information content (AvgIpc) is 3.72. The van der Waals surface area contributed by atoms with Crippen LogP contribution >= 0.6 is 0 Å². The monoisotopic (exact) mass is 697 g/mol. The van der Waals surface area contributed by atoms with Crippen LogP contribution in [0, 0.1) is 19.3 Å². The number of hydrogen-bond acceptors (Lipinski definition) is 1. The summed E-state index contributed by atoms with van der Waals surface area (Å²) >= 11 is 0. The van der Waals surface area contributed by atoms with Crippen molar-refractivity contribution < 1.29 is 4.42 Å². The van der Waals surface area contributed by atoms with Crippen molar-refractivity contribution in [3.8, 4) is 40.3 Å². The lowest BCUT2D eigenvalue weighted by molar-refractivity contribution is 0.602. The summed E-state index contributed by atoms with van der Waals surface area (Å²) in [5.41, 5.74) is 10.0. The lowest BCUT2D eigenvalue weighted by Crippen LogP contribution is -2.26. The zero-order valence-electron chi connectivity index (χ0n) is 31.1. The van der Waals surface area contributed by atoms with Crippen molar-refractivity contribution >= 4 is 61.8 Å². The van der Waals surface area contributed by atoms with Crippen LogP contribution in [-0.4, -0.2) is 4.57 Å². The minimum absolute atomic E-state index is 0.571. The number of furan rings is 1. The second kappa shape index (κ2) is 15.8. The van der Waals surface area contributed by atoms with Gasteiger partial charge in [0, 0.05) is 39.4 Å². The van der Waals surface area contributed by atoms with Gasteiger partial charge in [-0.2, -0.15) is 0 Å². The third kappa shape index (κ3) is 6.53. The van der Waals surface area contributed by atoms with Gasteiger partial charge in [-0.1, -0.05) is 135 Å². The predicted molar refractivity (Wildman–Crippen MR) is 235 cm³/mol. The third-order valence-electron chi connectivity index (χ3n) is 9.93. The van der Waals surface area contributed by atoms with Crippen molar-refractivity contribution in [2.75, 3.05) is 0 Å². The molecule has 2 heteroatoms. The first-order chi connectivity index (χ1) is 26.5. The number of terminal acetylenes is 1. The average molecular weight is 698 g/mol. The molecule has 2 nitrogen and oxygen atoms in total. The molecule has 0 radical (unpaired) electrons. The first kappa shape index (κ1) is 35.6. The molecule has 0 bridgehead atoms. The van der Waals surface area contributed by atoms with Gasteiger partial charge in [-0.15, -0.1) is 12.3 Å². The zero-order valence-corrected chi connectivity index (χ0v) is 31.1. The molecule has 0 aliphatic heterocycles. The zero-order chi connectivity index (χ0) is 37.6. The van der Waals surface area contributed by atoms with Crippen LogP contribution in [0.3, 0.4) is 0 Å². The highest BCUT2D eigenvalue weighted by Gasteiger charge is 2.17. The van der Waals surface area contributed by atoms with Gasteiger partial charge in [0.25, 0.3) is 0 Å². The minimum Gasteiger partial charge on any atom is -0.456 e. The van der Waals surface area contributed by atoms with E-state index < -0.39 is 0 Å². The van der Waals surface area contributed by atoms with Crippen LogP contribution in [-0.2, 0) is 0 Å². The van der Waals surface area contributed by atoms with Crippen molar-refractivity contribution in [2.45, 2.75) is 27.2 Å². The molecule has 0 amide bonds. The molecular formula is C52H43NO. The highest BCUT2D eigenvalue weighted by Crippen LogP contribution is 2.39. The SMILES string of the molecule is C#CC/C=C\c1oc2c(-c3ccc4c(c3)c3ccccc3n4-c3cccc(-c4c(=C/C=C)/c(=C\C)cc5ccccc45)c3)cccc2c1C.C=C/C=C\C. The first-order valence-corrected chi connectivity index (χ1v) is 18.3. The first-order valence-electron chi connectivity index (χ1n) is 18.3. The van der Waals surface area contributed by atoms with Crippen molar-refractivity contribution in [1.82, 2.24) is 4.57 Å². The van der Waals surface area contributed by atoms with Crippen LogP contribution in [0.4, 0.5) is 0 Å². The third-order valence-corrected chi connectivity index (χ3v) is 9.93. The minimum atomic E-state index is 0.571. The molecule has 0 unspecified atom stereocenters. The molecule has 0 saturated heterocycles. The number of aromatic nitrogens is 1. The number of fused-ring (bicyclic) bond motifs is 5. The van der Waals surface area contributed by atoms with E-state index in [9.17, 15) is 0 Å². The van der Waals surface area contributed by atoms with Crippen molar-refractivity contribution in [1.29, 1.82) is 0 Å². The second-order valence-electron chi connectivity index (χ2n) is 13.1. The molecule has 0 spiro atoms. The van der Waals surface area contributed by atoms with E-state index in [1.807, 2.05) is 37.3 Å². The number of nitrogens with zero attached hydrogens (tertiary/aromatic N) is 1. The number of benzene rings is 6. The number of para-hydroxylation sites is 2. The predicted octanol–water partition coefficient (Wildman–Crippen LogP) is 12.9. The number of allylic oxidation sites excluding steroid dienone is 5. The quantitative estimate of drug-likeness (QED) is 0.120. The Morgan fingerprint density at radius 1 is 0.741 bits per heavy atom. The van der Waals surface area contributed by atoms with Gasteiger partial charge in [-0.05, 0) is 101 Å². The number of aryl methyl sites for hydroxylation is 1. The Balaban J connectivity index is 0.000000846. The van der Waals surface area contributed by atoms with Crippen LogP contribution in [0.1, 0.15) is 31.6 Å². The van der Waals surface area contributed by atoms with Gasteiger partial charge in [0.15, 0.2) is 0 Å². The van der Waals surface area contributed by atoms with Gasteiger partial charge in [-0.25, -0.2) is 0 Å². The van der Waals surface area contributed by atoms with E-state index in [1.165, 1.54) is 43.1 Å². The van der Waals surface area contributed by atoms with Crippen molar-refractivity contribution in [2.24, 2.45) is 0 Å². The molecule has 8 aromatic rings. The Morgan fingerprint density at radius 3 is 2.26 bits per heavy atom. The topological polar surface area (TPSA) is 18.1 Å². The maximum Gasteiger partial charge on any atom is 0.142 e. The van der Waals surface area contributed by atoms with Gasteiger partial charge in [0.05, 0.1) is 11.0 Å². The largest absolute Gasteiger partial charge is 0.456 e. The maximum absolute atomic E-state index is 6.46. The summed E-state index contributed by atoms with van der Waals surface area (Å²) in [5, 5.41) is 8.34. The van der Waals surface area contributed by atoms with E-state index in [0.717, 1.165) is 50.1 Å². The summed E-state index contributed by atoms with van der Waals surface area (Å²) in [5.74, 6) is 3.51. The van der Waals surface area contributed by atoms with Crippen LogP contribution < -0.4 is 10.4 Å². The smallest absolute Gasteiger partial charge is 0.142 e. The van der Waals surface area contributed by atoms with Crippen molar-refractivity contribution in [3.63, 3.8) is 0 Å². The molecular weight excluding hydrogens is 655 g/mol. The Hall–Kier alpha value is -6.82. The van der Waals surface area contributed by atoms with Gasteiger partial charge in [0.1, 0.15) is 11.3 Å². The van der Waals surface area contributed by atoms with Gasteiger partial charge >= 0.3 is 0 Å². The van der Waals surface area contributed by atoms with Gasteiger partial charge in [-0.3, -0.25) is 0 Å². The van der Waals surface area contributed by atoms with E-state index in [-0.39, 0.29) is 0 Å². The van der Waals surface area contributed by atoms with Crippen molar-refractivity contribution in [3.05, 3.63) is 181 Å². The summed E-state index contributed by atoms with van der Waals surface area (Å²) in [4.78, 5) is 0. The van der Waals surface area contributed by atoms with Crippen LogP contribution in [0.5, 0.6) is 0 Å². The summed E-state index contributed by atoms with van der Waals surface area (Å²) in [7, 11) is 0. The standard InChI is InChI=1S/C47H35NO.C5H8/c1-5-8-9-25-45-31(4)37-22-15-23-40(47(37)49-45)34-26-27-44-42(30-34)41-21-12-13-24-43(41)48(44)36-19-14-18-35(29-36)46-38(16-6-2)32(7-3)28-33-17-10-11-20-39(33)46;1-3-5-4-2/h1,6-7,9-30H,2,8H2,3-4H3;3-5H,1H2,2H3/b25-9-,32-7-,38-16+;5-4-. The normalized spacial score (nSPS) is 12.3. The highest BCUT2D eigenvalue weighted by atomic mass is 16.3. The highest BCUT2D eigenvalue weighted by molar-refractivity contribution is 6.11. The Bertz CT molecular complexity index is 2930. The van der Waals surface area contributed by atoms with E-state index in [1.54, 1.807) is 6.08 Å². The lowest BCUT2D eigenvalue weighted by Gasteiger charge is -2.13. The maximum atomic E-state index is 6.46. The molecule has 54 heavy (non-hydrogen) atoms. The molecule has 0 atom stereocenters. The molecule has 0 aliphatic rings. The molecule has 8 rings (SSSR count). The summed E-state index contributed by atoms with van der Waals surface area (Å²) < 4.78 is 8.85. The van der Waals surface area contributed by atoms with Crippen LogP contribution in [0.2, 0.25) is 0 Å². The molecule has 0 aliphatic carbocycles. The number of hydrogen-bond donors (Lipinski definition) is 0. The Kier molecular flexibility index (Phi) is 10.4. The van der Waals surface area contributed by atoms with E-state index in [4.69, 9.17) is 10.8 Å². The van der Waals surface area contributed by atoms with Crippen LogP contribution in [0.25, 0.3) is 89.7 Å². The fourth-order valence-electron chi connectivity index (χ4n) is 7.47. The molecule has 0 saturated carbocycles. The van der Waals surface area contributed by atoms with Gasteiger partial charge < -0.3 is 8.98 Å². The molecule has 6 aromatic carbocycles. The van der Waals surface area contributed by atoms with E-state index >= 15 is 0 Å². The molecule has 0 fully saturated rings.